The van der Waals surface area contributed by atoms with E-state index >= 15 is 0 Å². The lowest BCUT2D eigenvalue weighted by atomic mass is 9.88. The Labute approximate surface area is 112 Å². The second-order valence-electron chi connectivity index (χ2n) is 5.93. The second kappa shape index (κ2) is 4.30. The van der Waals surface area contributed by atoms with E-state index in [2.05, 4.69) is 10.3 Å². The summed E-state index contributed by atoms with van der Waals surface area (Å²) < 4.78 is 5.73. The van der Waals surface area contributed by atoms with Crippen LogP contribution in [0.15, 0.2) is 18.2 Å². The highest BCUT2D eigenvalue weighted by atomic mass is 16.5. The van der Waals surface area contributed by atoms with Crippen molar-refractivity contribution in [3.05, 3.63) is 23.9 Å². The molecule has 1 amide bonds. The number of aromatic nitrogens is 1. The third kappa shape index (κ3) is 2.14. The molecule has 1 aromatic heterocycles. The Morgan fingerprint density at radius 1 is 1.26 bits per heavy atom. The van der Waals surface area contributed by atoms with Gasteiger partial charge in [0.15, 0.2) is 0 Å². The first kappa shape index (κ1) is 11.4. The molecule has 1 aliphatic carbocycles. The zero-order valence-electron chi connectivity index (χ0n) is 10.8. The van der Waals surface area contributed by atoms with E-state index in [9.17, 15) is 4.79 Å². The molecule has 19 heavy (non-hydrogen) atoms. The van der Waals surface area contributed by atoms with Crippen molar-refractivity contribution < 1.29 is 9.53 Å². The highest BCUT2D eigenvalue weighted by Gasteiger charge is 2.44. The number of hydrogen-bond acceptors (Lipinski definition) is 3. The predicted octanol–water partition coefficient (Wildman–Crippen LogP) is 2.47. The number of fused-ring (bicyclic) bond motifs is 2. The summed E-state index contributed by atoms with van der Waals surface area (Å²) in [5.74, 6) is 1.40. The first-order valence-corrected chi connectivity index (χ1v) is 7.23. The Hall–Kier alpha value is -1.42. The summed E-state index contributed by atoms with van der Waals surface area (Å²) in [5, 5.41) is 2.96. The van der Waals surface area contributed by atoms with Gasteiger partial charge in [0.05, 0.1) is 18.1 Å². The van der Waals surface area contributed by atoms with Gasteiger partial charge in [0.2, 0.25) is 5.91 Å². The van der Waals surface area contributed by atoms with E-state index in [4.69, 9.17) is 4.74 Å². The van der Waals surface area contributed by atoms with Crippen LogP contribution < -0.4 is 5.32 Å². The molecule has 0 spiro atoms. The topological polar surface area (TPSA) is 51.2 Å². The van der Waals surface area contributed by atoms with Crippen LogP contribution in [0.1, 0.15) is 43.7 Å². The van der Waals surface area contributed by atoms with Crippen LogP contribution in [0.3, 0.4) is 0 Å². The molecule has 0 aromatic carbocycles. The SMILES string of the molecule is O=C(Nc1cccc(C2CC2)n1)[C@@H]1C[C@H]2CC[C@@H]1O2. The van der Waals surface area contributed by atoms with Gasteiger partial charge in [0.1, 0.15) is 5.82 Å². The standard InChI is InChI=1S/C15H18N2O2/c18-15(11-8-10-6-7-13(11)19-10)17-14-3-1-2-12(16-14)9-4-5-9/h1-3,9-11,13H,4-8H2,(H,16,17,18)/t10-,11-,13+/m1/s1. The Morgan fingerprint density at radius 2 is 2.16 bits per heavy atom. The van der Waals surface area contributed by atoms with Crippen molar-refractivity contribution in [2.45, 2.75) is 50.2 Å². The van der Waals surface area contributed by atoms with Gasteiger partial charge >= 0.3 is 0 Å². The van der Waals surface area contributed by atoms with Crippen LogP contribution in [0, 0.1) is 5.92 Å². The molecular weight excluding hydrogens is 240 g/mol. The number of carbonyl (C=O) groups excluding carboxylic acids is 1. The zero-order valence-corrected chi connectivity index (χ0v) is 10.8. The molecule has 0 radical (unpaired) electrons. The van der Waals surface area contributed by atoms with Crippen molar-refractivity contribution in [3.8, 4) is 0 Å². The highest BCUT2D eigenvalue weighted by molar-refractivity contribution is 5.92. The fourth-order valence-corrected chi connectivity index (χ4v) is 3.26. The average Bonchev–Trinajstić information content (AvgIpc) is 3.07. The quantitative estimate of drug-likeness (QED) is 0.906. The molecule has 1 N–H and O–H groups in total. The van der Waals surface area contributed by atoms with Crippen LogP contribution in [0.5, 0.6) is 0 Å². The number of nitrogens with zero attached hydrogens (tertiary/aromatic N) is 1. The summed E-state index contributed by atoms with van der Waals surface area (Å²) in [6, 6.07) is 5.90. The maximum Gasteiger partial charge on any atom is 0.231 e. The molecule has 4 heteroatoms. The molecule has 100 valence electrons. The van der Waals surface area contributed by atoms with Gasteiger partial charge in [-0.1, -0.05) is 6.07 Å². The summed E-state index contributed by atoms with van der Waals surface area (Å²) in [7, 11) is 0. The molecule has 2 aliphatic heterocycles. The van der Waals surface area contributed by atoms with Crippen molar-refractivity contribution in [1.29, 1.82) is 0 Å². The zero-order chi connectivity index (χ0) is 12.8. The average molecular weight is 258 g/mol. The van der Waals surface area contributed by atoms with Gasteiger partial charge in [-0.15, -0.1) is 0 Å². The van der Waals surface area contributed by atoms with Crippen molar-refractivity contribution in [2.75, 3.05) is 5.32 Å². The summed E-state index contributed by atoms with van der Waals surface area (Å²) in [6.45, 7) is 0. The Morgan fingerprint density at radius 3 is 2.84 bits per heavy atom. The monoisotopic (exact) mass is 258 g/mol. The molecule has 2 bridgehead atoms. The van der Waals surface area contributed by atoms with Gasteiger partial charge in [-0.2, -0.15) is 0 Å². The van der Waals surface area contributed by atoms with Crippen LogP contribution in [0.4, 0.5) is 5.82 Å². The molecule has 4 rings (SSSR count). The molecule has 1 saturated carbocycles. The molecule has 2 saturated heterocycles. The molecule has 0 unspecified atom stereocenters. The van der Waals surface area contributed by atoms with E-state index < -0.39 is 0 Å². The maximum absolute atomic E-state index is 12.3. The van der Waals surface area contributed by atoms with E-state index in [0.29, 0.717) is 17.8 Å². The number of nitrogens with one attached hydrogen (secondary N) is 1. The number of anilines is 1. The van der Waals surface area contributed by atoms with E-state index in [1.54, 1.807) is 0 Å². The van der Waals surface area contributed by atoms with Gasteiger partial charge < -0.3 is 10.1 Å². The first-order valence-electron chi connectivity index (χ1n) is 7.23. The summed E-state index contributed by atoms with van der Waals surface area (Å²) in [5.41, 5.74) is 1.11. The molecule has 1 aromatic rings. The maximum atomic E-state index is 12.3. The van der Waals surface area contributed by atoms with Gasteiger partial charge in [0, 0.05) is 11.6 Å². The molecule has 3 aliphatic rings. The van der Waals surface area contributed by atoms with Crippen molar-refractivity contribution in [1.82, 2.24) is 4.98 Å². The summed E-state index contributed by atoms with van der Waals surface area (Å²) >= 11 is 0. The normalized spacial score (nSPS) is 32.5. The van der Waals surface area contributed by atoms with E-state index in [1.165, 1.54) is 12.8 Å². The van der Waals surface area contributed by atoms with E-state index in [-0.39, 0.29) is 17.9 Å². The number of pyridine rings is 1. The lowest BCUT2D eigenvalue weighted by Crippen LogP contribution is -2.30. The molecule has 3 atom stereocenters. The lowest BCUT2D eigenvalue weighted by molar-refractivity contribution is -0.121. The second-order valence-corrected chi connectivity index (χ2v) is 5.93. The van der Waals surface area contributed by atoms with E-state index in [0.717, 1.165) is 25.0 Å². The van der Waals surface area contributed by atoms with Crippen LogP contribution >= 0.6 is 0 Å². The number of rotatable bonds is 3. The first-order chi connectivity index (χ1) is 9.29. The van der Waals surface area contributed by atoms with Crippen molar-refractivity contribution in [2.24, 2.45) is 5.92 Å². The van der Waals surface area contributed by atoms with Crippen LogP contribution in [0.2, 0.25) is 0 Å². The van der Waals surface area contributed by atoms with Gasteiger partial charge in [-0.25, -0.2) is 4.98 Å². The van der Waals surface area contributed by atoms with Gasteiger partial charge in [-0.3, -0.25) is 4.79 Å². The third-order valence-electron chi connectivity index (χ3n) is 4.46. The lowest BCUT2D eigenvalue weighted by Gasteiger charge is -2.17. The number of amides is 1. The number of carbonyl (C=O) groups is 1. The Kier molecular flexibility index (Phi) is 2.58. The summed E-state index contributed by atoms with van der Waals surface area (Å²) in [4.78, 5) is 16.8. The fraction of sp³-hybridized carbons (Fsp3) is 0.600. The number of hydrogen-bond donors (Lipinski definition) is 1. The van der Waals surface area contributed by atoms with Crippen molar-refractivity contribution in [3.63, 3.8) is 0 Å². The number of ether oxygens (including phenoxy) is 1. The van der Waals surface area contributed by atoms with Crippen LogP contribution in [-0.4, -0.2) is 23.1 Å². The van der Waals surface area contributed by atoms with Crippen LogP contribution in [0.25, 0.3) is 0 Å². The van der Waals surface area contributed by atoms with Crippen LogP contribution in [-0.2, 0) is 9.53 Å². The summed E-state index contributed by atoms with van der Waals surface area (Å²) in [6.07, 6.45) is 5.92. The molecule has 3 fully saturated rings. The smallest absolute Gasteiger partial charge is 0.231 e. The van der Waals surface area contributed by atoms with Crippen molar-refractivity contribution >= 4 is 11.7 Å². The molecule has 3 heterocycles. The minimum absolute atomic E-state index is 0.0186. The Balaban J connectivity index is 1.45. The Bertz CT molecular complexity index is 513. The molecular formula is C15H18N2O2. The largest absolute Gasteiger partial charge is 0.374 e. The minimum Gasteiger partial charge on any atom is -0.374 e. The highest BCUT2D eigenvalue weighted by Crippen LogP contribution is 2.40. The van der Waals surface area contributed by atoms with E-state index in [1.807, 2.05) is 18.2 Å². The predicted molar refractivity (Wildman–Crippen MR) is 70.8 cm³/mol. The third-order valence-corrected chi connectivity index (χ3v) is 4.46. The molecule has 4 nitrogen and oxygen atoms in total. The van der Waals surface area contributed by atoms with Gasteiger partial charge in [0.25, 0.3) is 0 Å². The van der Waals surface area contributed by atoms with Gasteiger partial charge in [-0.05, 0) is 44.2 Å². The fourth-order valence-electron chi connectivity index (χ4n) is 3.26. The minimum atomic E-state index is 0.0186.